The van der Waals surface area contributed by atoms with Gasteiger partial charge in [0.05, 0.1) is 16.6 Å². The van der Waals surface area contributed by atoms with Crippen LogP contribution in [0.2, 0.25) is 0 Å². The highest BCUT2D eigenvalue weighted by atomic mass is 15.3. The van der Waals surface area contributed by atoms with Crippen LogP contribution in [0.15, 0.2) is 127 Å². The Hall–Kier alpha value is -5.02. The first-order valence-electron chi connectivity index (χ1n) is 19.8. The number of fused-ring (bicyclic) bond motifs is 7. The first kappa shape index (κ1) is 32.6. The Morgan fingerprint density at radius 1 is 0.660 bits per heavy atom. The molecule has 0 amide bonds. The zero-order valence-electron chi connectivity index (χ0n) is 32.1. The molecule has 0 radical (unpaired) electrons. The maximum absolute atomic E-state index is 4.06. The van der Waals surface area contributed by atoms with Crippen LogP contribution in [0.4, 0.5) is 22.7 Å². The number of nitrogens with zero attached hydrogens (tertiary/aromatic N) is 1. The molecule has 3 aliphatic heterocycles. The van der Waals surface area contributed by atoms with Gasteiger partial charge in [0.25, 0.3) is 0 Å². The lowest BCUT2D eigenvalue weighted by molar-refractivity contribution is 0.195. The topological polar surface area (TPSA) is 15.3 Å². The summed E-state index contributed by atoms with van der Waals surface area (Å²) >= 11 is 0. The van der Waals surface area contributed by atoms with E-state index in [0.29, 0.717) is 0 Å². The fraction of sp³-hybridized carbons (Fsp3) is 0.280. The summed E-state index contributed by atoms with van der Waals surface area (Å²) in [6.07, 6.45) is 5.03. The van der Waals surface area contributed by atoms with Crippen LogP contribution in [-0.4, -0.2) is 12.8 Å². The zero-order valence-corrected chi connectivity index (χ0v) is 32.1. The largest absolute Gasteiger partial charge is 0.354 e. The molecule has 1 N–H and O–H groups in total. The molecule has 0 saturated heterocycles. The summed E-state index contributed by atoms with van der Waals surface area (Å²) in [7, 11) is 0.933. The Kier molecular flexibility index (Phi) is 6.92. The second-order valence-corrected chi connectivity index (χ2v) is 17.8. The van der Waals surface area contributed by atoms with Crippen LogP contribution in [0.25, 0.3) is 11.1 Å². The Morgan fingerprint density at radius 3 is 2.04 bits per heavy atom. The monoisotopic (exact) mass is 688 g/mol. The quantitative estimate of drug-likeness (QED) is 0.186. The number of nitrogens with one attached hydrogen (secondary N) is 1. The molecule has 3 heterocycles. The van der Waals surface area contributed by atoms with Crippen molar-refractivity contribution in [3.8, 4) is 11.1 Å². The molecular weight excluding hydrogens is 639 g/mol. The molecule has 2 atom stereocenters. The van der Waals surface area contributed by atoms with Crippen molar-refractivity contribution in [1.82, 2.24) is 0 Å². The molecule has 2 unspecified atom stereocenters. The highest BCUT2D eigenvalue weighted by Gasteiger charge is 2.59. The molecule has 262 valence electrons. The number of hydrogen-bond donors (Lipinski definition) is 1. The van der Waals surface area contributed by atoms with Gasteiger partial charge in [-0.05, 0) is 94.2 Å². The fourth-order valence-corrected chi connectivity index (χ4v) is 11.1. The molecule has 0 aromatic heterocycles. The van der Waals surface area contributed by atoms with Gasteiger partial charge in [-0.3, -0.25) is 0 Å². The van der Waals surface area contributed by atoms with Gasteiger partial charge in [-0.2, -0.15) is 0 Å². The predicted octanol–water partition coefficient (Wildman–Crippen LogP) is 10.8. The van der Waals surface area contributed by atoms with Gasteiger partial charge in [0.15, 0.2) is 7.28 Å². The van der Waals surface area contributed by atoms with Crippen molar-refractivity contribution in [3.63, 3.8) is 0 Å². The number of hydrogen-bond acceptors (Lipinski definition) is 2. The highest BCUT2D eigenvalue weighted by molar-refractivity contribution is 6.73. The number of anilines is 4. The molecule has 1 fully saturated rings. The van der Waals surface area contributed by atoms with Gasteiger partial charge in [-0.25, -0.2) is 0 Å². The lowest BCUT2D eigenvalue weighted by Crippen LogP contribution is -2.57. The molecule has 53 heavy (non-hydrogen) atoms. The summed E-state index contributed by atoms with van der Waals surface area (Å²) in [6, 6.07) is 48.5. The maximum Gasteiger partial charge on any atom is 0.198 e. The summed E-state index contributed by atoms with van der Waals surface area (Å²) in [4.78, 5) is 2.84. The number of para-hydroxylation sites is 2. The van der Waals surface area contributed by atoms with Gasteiger partial charge in [0.2, 0.25) is 0 Å². The van der Waals surface area contributed by atoms with E-state index in [1.54, 1.807) is 5.56 Å². The summed E-state index contributed by atoms with van der Waals surface area (Å²) in [5.41, 5.74) is 20.1. The SMILES string of the molecule is Cc1cc(-c2cccc3c2Nc2ccccc2C3(c2ccccc2)c2ccccc2)c2c(c1)N1c3c(cc(C(C)(C)C)cc3C3(C)CCCCC13C)B2. The molecule has 1 aliphatic carbocycles. The molecule has 6 aromatic carbocycles. The van der Waals surface area contributed by atoms with E-state index < -0.39 is 5.41 Å². The van der Waals surface area contributed by atoms with Crippen LogP contribution in [0, 0.1) is 6.92 Å². The lowest BCUT2D eigenvalue weighted by Gasteiger charge is -2.51. The van der Waals surface area contributed by atoms with E-state index in [9.17, 15) is 0 Å². The minimum absolute atomic E-state index is 0.0160. The van der Waals surface area contributed by atoms with Gasteiger partial charge in [-0.15, -0.1) is 0 Å². The average Bonchev–Trinajstić information content (AvgIpc) is 3.38. The van der Waals surface area contributed by atoms with Crippen molar-refractivity contribution in [1.29, 1.82) is 0 Å². The van der Waals surface area contributed by atoms with Gasteiger partial charge >= 0.3 is 0 Å². The van der Waals surface area contributed by atoms with E-state index in [2.05, 4.69) is 179 Å². The van der Waals surface area contributed by atoms with Crippen LogP contribution < -0.4 is 21.1 Å². The molecule has 3 heteroatoms. The van der Waals surface area contributed by atoms with Crippen molar-refractivity contribution in [3.05, 3.63) is 166 Å². The molecule has 2 nitrogen and oxygen atoms in total. The van der Waals surface area contributed by atoms with Crippen LogP contribution in [0.5, 0.6) is 0 Å². The Morgan fingerprint density at radius 2 is 1.32 bits per heavy atom. The molecular formula is C50H49BN2. The third-order valence-electron chi connectivity index (χ3n) is 13.9. The molecule has 1 saturated carbocycles. The van der Waals surface area contributed by atoms with Gasteiger partial charge in [0, 0.05) is 28.0 Å². The van der Waals surface area contributed by atoms with Crippen molar-refractivity contribution in [2.45, 2.75) is 89.0 Å². The van der Waals surface area contributed by atoms with Gasteiger partial charge in [-0.1, -0.05) is 161 Å². The second kappa shape index (κ2) is 11.2. The van der Waals surface area contributed by atoms with E-state index in [0.717, 1.165) is 13.0 Å². The normalized spacial score (nSPS) is 21.7. The molecule has 6 aromatic rings. The number of rotatable bonds is 3. The van der Waals surface area contributed by atoms with E-state index in [-0.39, 0.29) is 16.4 Å². The Balaban J connectivity index is 1.26. The standard InChI is InChI=1S/C50H49BN2/c1-32-28-37(44-43(29-32)53-46-40(48(5)26-15-16-27-49(48,53)6)30-35(47(2,3)4)31-41(46)51-44)36-22-17-24-39-45(36)52-42-25-14-13-23-38(42)50(39,33-18-9-7-10-19-33)34-20-11-8-12-21-34/h7-14,17-25,28-31,51-52H,15-16,26-27H2,1-6H3. The average molecular weight is 689 g/mol. The van der Waals surface area contributed by atoms with Crippen LogP contribution >= 0.6 is 0 Å². The smallest absolute Gasteiger partial charge is 0.198 e. The first-order chi connectivity index (χ1) is 25.6. The number of aryl methyl sites for hydroxylation is 1. The first-order valence-corrected chi connectivity index (χ1v) is 19.8. The third-order valence-corrected chi connectivity index (χ3v) is 13.9. The highest BCUT2D eigenvalue weighted by Crippen LogP contribution is 2.62. The van der Waals surface area contributed by atoms with Crippen LogP contribution in [0.3, 0.4) is 0 Å². The van der Waals surface area contributed by atoms with Gasteiger partial charge < -0.3 is 10.2 Å². The van der Waals surface area contributed by atoms with Crippen molar-refractivity contribution < 1.29 is 0 Å². The van der Waals surface area contributed by atoms with Crippen molar-refractivity contribution in [2.24, 2.45) is 0 Å². The van der Waals surface area contributed by atoms with Crippen molar-refractivity contribution in [2.75, 3.05) is 10.2 Å². The Labute approximate surface area is 316 Å². The van der Waals surface area contributed by atoms with E-state index in [4.69, 9.17) is 0 Å². The minimum atomic E-state index is -0.491. The summed E-state index contributed by atoms with van der Waals surface area (Å²) in [5.74, 6) is 0. The lowest BCUT2D eigenvalue weighted by atomic mass is 9.56. The summed E-state index contributed by atoms with van der Waals surface area (Å²) in [6.45, 7) is 14.6. The Bertz CT molecular complexity index is 2400. The van der Waals surface area contributed by atoms with Gasteiger partial charge in [0.1, 0.15) is 0 Å². The van der Waals surface area contributed by atoms with E-state index >= 15 is 0 Å². The molecule has 10 rings (SSSR count). The summed E-state index contributed by atoms with van der Waals surface area (Å²) in [5, 5.41) is 4.06. The maximum atomic E-state index is 4.06. The molecule has 4 aliphatic rings. The zero-order chi connectivity index (χ0) is 36.3. The molecule has 0 spiro atoms. The minimum Gasteiger partial charge on any atom is -0.354 e. The predicted molar refractivity (Wildman–Crippen MR) is 226 cm³/mol. The summed E-state index contributed by atoms with van der Waals surface area (Å²) < 4.78 is 0. The van der Waals surface area contributed by atoms with E-state index in [1.807, 2.05) is 0 Å². The van der Waals surface area contributed by atoms with Crippen molar-refractivity contribution >= 4 is 41.0 Å². The number of benzene rings is 6. The van der Waals surface area contributed by atoms with E-state index in [1.165, 1.54) is 98.2 Å². The second-order valence-electron chi connectivity index (χ2n) is 17.8. The third kappa shape index (κ3) is 4.34. The fourth-order valence-electron chi connectivity index (χ4n) is 11.1. The molecule has 0 bridgehead atoms. The van der Waals surface area contributed by atoms with Crippen LogP contribution in [-0.2, 0) is 16.2 Å². The van der Waals surface area contributed by atoms with Crippen LogP contribution in [0.1, 0.15) is 99.2 Å².